The maximum absolute atomic E-state index is 3.89. The molecule has 0 spiro atoms. The van der Waals surface area contributed by atoms with Gasteiger partial charge in [0.2, 0.25) is 0 Å². The number of benzene rings is 1. The zero-order valence-corrected chi connectivity index (χ0v) is 13.7. The van der Waals surface area contributed by atoms with E-state index in [1.54, 1.807) is 0 Å². The number of hydrogen-bond donors (Lipinski definition) is 1. The van der Waals surface area contributed by atoms with Gasteiger partial charge in [-0.2, -0.15) is 0 Å². The minimum absolute atomic E-state index is 0.491. The number of rotatable bonds is 6. The fraction of sp³-hybridized carbons (Fsp3) is 0.474. The molecule has 1 heterocycles. The van der Waals surface area contributed by atoms with Crippen molar-refractivity contribution in [3.05, 3.63) is 52.2 Å². The maximum atomic E-state index is 3.89. The van der Waals surface area contributed by atoms with Gasteiger partial charge in [-0.1, -0.05) is 50.5 Å². The van der Waals surface area contributed by atoms with Gasteiger partial charge < -0.3 is 5.32 Å². The van der Waals surface area contributed by atoms with E-state index in [1.165, 1.54) is 48.2 Å². The molecule has 1 saturated carbocycles. The number of hydrogen-bond acceptors (Lipinski definition) is 2. The molecule has 112 valence electrons. The lowest BCUT2D eigenvalue weighted by Gasteiger charge is -2.26. The van der Waals surface area contributed by atoms with Crippen LogP contribution in [-0.4, -0.2) is 0 Å². The molecular weight excluding hydrogens is 274 g/mol. The number of anilines is 1. The van der Waals surface area contributed by atoms with Crippen molar-refractivity contribution in [2.45, 2.75) is 51.5 Å². The largest absolute Gasteiger partial charge is 0.377 e. The predicted octanol–water partition coefficient (Wildman–Crippen LogP) is 6.04. The minimum Gasteiger partial charge on any atom is -0.377 e. The Morgan fingerprint density at radius 3 is 2.67 bits per heavy atom. The van der Waals surface area contributed by atoms with Crippen LogP contribution in [0.1, 0.15) is 55.5 Å². The van der Waals surface area contributed by atoms with Gasteiger partial charge in [0.05, 0.1) is 6.04 Å². The average Bonchev–Trinajstić information content (AvgIpc) is 3.20. The van der Waals surface area contributed by atoms with Crippen LogP contribution in [-0.2, 0) is 6.42 Å². The molecule has 1 unspecified atom stereocenters. The second-order valence-corrected chi connectivity index (χ2v) is 7.07. The molecule has 1 nitrogen and oxygen atoms in total. The summed E-state index contributed by atoms with van der Waals surface area (Å²) in [5, 5.41) is 6.09. The number of nitrogens with one attached hydrogen (secondary N) is 1. The van der Waals surface area contributed by atoms with E-state index >= 15 is 0 Å². The summed E-state index contributed by atoms with van der Waals surface area (Å²) < 4.78 is 0. The molecule has 0 saturated heterocycles. The summed E-state index contributed by atoms with van der Waals surface area (Å²) in [5.74, 6) is 0.790. The number of para-hydroxylation sites is 1. The first-order chi connectivity index (χ1) is 10.4. The van der Waals surface area contributed by atoms with Crippen LogP contribution in [0.5, 0.6) is 0 Å². The van der Waals surface area contributed by atoms with Gasteiger partial charge in [0, 0.05) is 10.6 Å². The first kappa shape index (κ1) is 14.6. The zero-order valence-electron chi connectivity index (χ0n) is 12.8. The molecule has 0 aliphatic heterocycles. The molecule has 0 amide bonds. The van der Waals surface area contributed by atoms with Gasteiger partial charge in [-0.05, 0) is 48.3 Å². The lowest BCUT2D eigenvalue weighted by atomic mass is 9.95. The lowest BCUT2D eigenvalue weighted by Crippen LogP contribution is -2.18. The molecule has 1 fully saturated rings. The summed E-state index contributed by atoms with van der Waals surface area (Å²) in [6.45, 7) is 2.25. The van der Waals surface area contributed by atoms with Crippen molar-refractivity contribution >= 4 is 17.0 Å². The van der Waals surface area contributed by atoms with Crippen LogP contribution in [0.2, 0.25) is 0 Å². The zero-order chi connectivity index (χ0) is 14.5. The van der Waals surface area contributed by atoms with Crippen LogP contribution in [0.3, 0.4) is 0 Å². The molecule has 1 aromatic heterocycles. The third-order valence-corrected chi connectivity index (χ3v) is 5.52. The predicted molar refractivity (Wildman–Crippen MR) is 93.1 cm³/mol. The summed E-state index contributed by atoms with van der Waals surface area (Å²) in [5.41, 5.74) is 2.80. The number of aryl methyl sites for hydroxylation is 1. The molecular formula is C19H25NS. The van der Waals surface area contributed by atoms with Crippen molar-refractivity contribution in [3.63, 3.8) is 0 Å². The molecule has 21 heavy (non-hydrogen) atoms. The van der Waals surface area contributed by atoms with Crippen molar-refractivity contribution in [1.29, 1.82) is 0 Å². The summed E-state index contributed by atoms with van der Waals surface area (Å²) in [6.07, 6.45) is 7.88. The van der Waals surface area contributed by atoms with Crippen LogP contribution in [0.4, 0.5) is 5.69 Å². The fourth-order valence-electron chi connectivity index (χ4n) is 3.50. The molecule has 2 heteroatoms. The highest BCUT2D eigenvalue weighted by atomic mass is 32.1. The van der Waals surface area contributed by atoms with Crippen LogP contribution in [0.15, 0.2) is 41.8 Å². The highest BCUT2D eigenvalue weighted by molar-refractivity contribution is 7.10. The van der Waals surface area contributed by atoms with Crippen molar-refractivity contribution in [3.8, 4) is 0 Å². The smallest absolute Gasteiger partial charge is 0.0634 e. The Kier molecular flexibility index (Phi) is 4.97. The molecule has 1 aliphatic carbocycles. The SMILES string of the molecule is CCCc1ccccc1NC(c1cccs1)C1CCCC1. The van der Waals surface area contributed by atoms with Crippen LogP contribution < -0.4 is 5.32 Å². The van der Waals surface area contributed by atoms with Crippen LogP contribution in [0, 0.1) is 5.92 Å². The van der Waals surface area contributed by atoms with Gasteiger partial charge in [0.15, 0.2) is 0 Å². The Morgan fingerprint density at radius 1 is 1.14 bits per heavy atom. The quantitative estimate of drug-likeness (QED) is 0.685. The van der Waals surface area contributed by atoms with Gasteiger partial charge in [0.1, 0.15) is 0 Å². The molecule has 1 aliphatic rings. The molecule has 2 aromatic rings. The first-order valence-corrected chi connectivity index (χ1v) is 9.14. The normalized spacial score (nSPS) is 17.0. The van der Waals surface area contributed by atoms with E-state index in [1.807, 2.05) is 11.3 Å². The van der Waals surface area contributed by atoms with Crippen molar-refractivity contribution in [2.75, 3.05) is 5.32 Å². The molecule has 0 bridgehead atoms. The van der Waals surface area contributed by atoms with Crippen LogP contribution in [0.25, 0.3) is 0 Å². The van der Waals surface area contributed by atoms with E-state index in [0.29, 0.717) is 6.04 Å². The Balaban J connectivity index is 1.84. The molecule has 1 aromatic carbocycles. The second kappa shape index (κ2) is 7.13. The second-order valence-electron chi connectivity index (χ2n) is 6.09. The molecule has 3 rings (SSSR count). The van der Waals surface area contributed by atoms with E-state index < -0.39 is 0 Å². The Hall–Kier alpha value is -1.28. The highest BCUT2D eigenvalue weighted by Gasteiger charge is 2.27. The monoisotopic (exact) mass is 299 g/mol. The standard InChI is InChI=1S/C19H25NS/c1-2-8-15-9-5-6-12-17(15)20-19(16-10-3-4-11-16)18-13-7-14-21-18/h5-7,9,12-14,16,19-20H,2-4,8,10-11H2,1H3. The van der Waals surface area contributed by atoms with Gasteiger partial charge in [-0.3, -0.25) is 0 Å². The van der Waals surface area contributed by atoms with Crippen molar-refractivity contribution in [2.24, 2.45) is 5.92 Å². The lowest BCUT2D eigenvalue weighted by molar-refractivity contribution is 0.475. The first-order valence-electron chi connectivity index (χ1n) is 8.26. The molecule has 0 radical (unpaired) electrons. The van der Waals surface area contributed by atoms with Crippen molar-refractivity contribution in [1.82, 2.24) is 0 Å². The summed E-state index contributed by atoms with van der Waals surface area (Å²) in [7, 11) is 0. The van der Waals surface area contributed by atoms with Crippen molar-refractivity contribution < 1.29 is 0 Å². The van der Waals surface area contributed by atoms with Gasteiger partial charge in [0.25, 0.3) is 0 Å². The Labute approximate surface area is 132 Å². The van der Waals surface area contributed by atoms with E-state index in [0.717, 1.165) is 12.3 Å². The van der Waals surface area contributed by atoms with Crippen LogP contribution >= 0.6 is 11.3 Å². The highest BCUT2D eigenvalue weighted by Crippen LogP contribution is 2.40. The van der Waals surface area contributed by atoms with Gasteiger partial charge in [-0.25, -0.2) is 0 Å². The van der Waals surface area contributed by atoms with Gasteiger partial charge >= 0.3 is 0 Å². The topological polar surface area (TPSA) is 12.0 Å². The van der Waals surface area contributed by atoms with E-state index in [4.69, 9.17) is 0 Å². The van der Waals surface area contributed by atoms with Gasteiger partial charge in [-0.15, -0.1) is 11.3 Å². The summed E-state index contributed by atoms with van der Waals surface area (Å²) >= 11 is 1.89. The summed E-state index contributed by atoms with van der Waals surface area (Å²) in [4.78, 5) is 1.49. The van der Waals surface area contributed by atoms with E-state index in [-0.39, 0.29) is 0 Å². The third kappa shape index (κ3) is 3.49. The third-order valence-electron chi connectivity index (χ3n) is 4.57. The van der Waals surface area contributed by atoms with E-state index in [2.05, 4.69) is 54.0 Å². The summed E-state index contributed by atoms with van der Waals surface area (Å²) in [6, 6.07) is 13.8. The molecule has 1 N–H and O–H groups in total. The maximum Gasteiger partial charge on any atom is 0.0634 e. The average molecular weight is 299 g/mol. The molecule has 1 atom stereocenters. The minimum atomic E-state index is 0.491. The fourth-order valence-corrected chi connectivity index (χ4v) is 4.37. The Bertz CT molecular complexity index is 540. The van der Waals surface area contributed by atoms with E-state index in [9.17, 15) is 0 Å². The Morgan fingerprint density at radius 2 is 1.95 bits per heavy atom. The number of thiophene rings is 1.